The van der Waals surface area contributed by atoms with Gasteiger partial charge in [0.05, 0.1) is 11.9 Å². The van der Waals surface area contributed by atoms with Gasteiger partial charge in [0.25, 0.3) is 10.0 Å². The molecule has 5 aromatic rings. The fourth-order valence-corrected chi connectivity index (χ4v) is 6.54. The summed E-state index contributed by atoms with van der Waals surface area (Å²) < 4.78 is 34.7. The fourth-order valence-electron chi connectivity index (χ4n) is 5.40. The Kier molecular flexibility index (Phi) is 7.04. The summed E-state index contributed by atoms with van der Waals surface area (Å²) in [6.07, 6.45) is 6.35. The van der Waals surface area contributed by atoms with Crippen LogP contribution in [0.25, 0.3) is 11.2 Å². The lowest BCUT2D eigenvalue weighted by atomic mass is 9.87. The average Bonchev–Trinajstić information content (AvgIpc) is 3.68. The Hall–Kier alpha value is -4.51. The number of rotatable bonds is 10. The van der Waals surface area contributed by atoms with Crippen LogP contribution in [0.2, 0.25) is 0 Å². The van der Waals surface area contributed by atoms with Crippen molar-refractivity contribution in [2.75, 3.05) is 4.72 Å². The topological polar surface area (TPSA) is 151 Å². The SMILES string of the molecule is CCc1ccccc1CCc1cc(O)c(C(c2cccc(NS(=O)(=O)c3ncnc4nc[nH]c34)c2)C2CC2)c(=O)o1. The highest BCUT2D eigenvalue weighted by atomic mass is 32.2. The molecule has 0 aliphatic heterocycles. The lowest BCUT2D eigenvalue weighted by molar-refractivity contribution is 0.403. The summed E-state index contributed by atoms with van der Waals surface area (Å²) in [7, 11) is -4.08. The molecule has 1 aliphatic carbocycles. The predicted molar refractivity (Wildman–Crippen MR) is 153 cm³/mol. The van der Waals surface area contributed by atoms with E-state index in [1.54, 1.807) is 18.2 Å². The summed E-state index contributed by atoms with van der Waals surface area (Å²) in [5, 5.41) is 10.8. The first-order chi connectivity index (χ1) is 19.8. The van der Waals surface area contributed by atoms with Gasteiger partial charge in [-0.3, -0.25) is 4.72 Å². The van der Waals surface area contributed by atoms with Crippen LogP contribution in [0.1, 0.15) is 53.7 Å². The third-order valence-corrected chi connectivity index (χ3v) is 8.83. The number of aromatic nitrogens is 4. The van der Waals surface area contributed by atoms with Gasteiger partial charge in [0.2, 0.25) is 5.03 Å². The average molecular weight is 572 g/mol. The van der Waals surface area contributed by atoms with E-state index in [-0.39, 0.29) is 33.4 Å². The first-order valence-corrected chi connectivity index (χ1v) is 15.0. The number of imidazole rings is 1. The van der Waals surface area contributed by atoms with Gasteiger partial charge in [-0.25, -0.2) is 19.7 Å². The van der Waals surface area contributed by atoms with E-state index >= 15 is 0 Å². The number of aromatic amines is 1. The van der Waals surface area contributed by atoms with Crippen molar-refractivity contribution in [2.45, 2.75) is 50.0 Å². The standard InChI is InChI=1S/C30H29N5O5S/c1-2-18-6-3-4-7-19(18)12-13-23-15-24(36)26(30(37)40-23)25(20-10-11-20)21-8-5-9-22(14-21)35-41(38,39)29-27-28(32-16-31-27)33-17-34-29/h3-9,14-17,20,25,35-36H,2,10-13H2,1H3,(H,31,32,33,34). The zero-order valence-electron chi connectivity index (χ0n) is 22.4. The molecule has 0 amide bonds. The van der Waals surface area contributed by atoms with E-state index in [4.69, 9.17) is 4.42 Å². The van der Waals surface area contributed by atoms with Gasteiger partial charge in [-0.2, -0.15) is 8.42 Å². The molecule has 1 atom stereocenters. The third-order valence-electron chi connectivity index (χ3n) is 7.50. The summed E-state index contributed by atoms with van der Waals surface area (Å²) in [6.45, 7) is 2.10. The van der Waals surface area contributed by atoms with Gasteiger partial charge in [0.15, 0.2) is 5.65 Å². The maximum Gasteiger partial charge on any atom is 0.343 e. The molecule has 2 aromatic carbocycles. The largest absolute Gasteiger partial charge is 0.507 e. The van der Waals surface area contributed by atoms with Gasteiger partial charge in [-0.05, 0) is 60.4 Å². The van der Waals surface area contributed by atoms with Crippen LogP contribution in [-0.4, -0.2) is 33.5 Å². The van der Waals surface area contributed by atoms with Gasteiger partial charge >= 0.3 is 5.63 Å². The van der Waals surface area contributed by atoms with E-state index in [1.807, 2.05) is 18.2 Å². The molecular weight excluding hydrogens is 542 g/mol. The van der Waals surface area contributed by atoms with Gasteiger partial charge in [-0.15, -0.1) is 0 Å². The molecule has 1 aliphatic rings. The van der Waals surface area contributed by atoms with E-state index in [2.05, 4.69) is 43.7 Å². The van der Waals surface area contributed by atoms with Crippen molar-refractivity contribution in [1.82, 2.24) is 19.9 Å². The highest BCUT2D eigenvalue weighted by Gasteiger charge is 2.37. The summed E-state index contributed by atoms with van der Waals surface area (Å²) in [5.74, 6) is 0.00655. The lowest BCUT2D eigenvalue weighted by Crippen LogP contribution is -2.18. The molecule has 6 rings (SSSR count). The second kappa shape index (κ2) is 10.8. The van der Waals surface area contributed by atoms with E-state index in [0.717, 1.165) is 25.6 Å². The number of aryl methyl sites for hydroxylation is 3. The van der Waals surface area contributed by atoms with Crippen LogP contribution in [0.3, 0.4) is 0 Å². The molecule has 1 unspecified atom stereocenters. The predicted octanol–water partition coefficient (Wildman–Crippen LogP) is 4.70. The Labute approximate surface area is 236 Å². The fraction of sp³-hybridized carbons (Fsp3) is 0.267. The Morgan fingerprint density at radius 2 is 1.85 bits per heavy atom. The number of H-pyrrole nitrogens is 1. The van der Waals surface area contributed by atoms with E-state index in [9.17, 15) is 18.3 Å². The molecule has 0 bridgehead atoms. The summed E-state index contributed by atoms with van der Waals surface area (Å²) in [4.78, 5) is 28.0. The summed E-state index contributed by atoms with van der Waals surface area (Å²) in [6, 6.07) is 16.5. The quantitative estimate of drug-likeness (QED) is 0.204. The maximum absolute atomic E-state index is 13.3. The Morgan fingerprint density at radius 1 is 1.05 bits per heavy atom. The normalized spacial score (nSPS) is 14.3. The van der Waals surface area contributed by atoms with Gasteiger partial charge in [0, 0.05) is 24.1 Å². The second-order valence-electron chi connectivity index (χ2n) is 10.2. The molecule has 1 saturated carbocycles. The molecule has 1 fully saturated rings. The first kappa shape index (κ1) is 26.7. The third kappa shape index (κ3) is 5.45. The minimum Gasteiger partial charge on any atom is -0.507 e. The van der Waals surface area contributed by atoms with Crippen molar-refractivity contribution < 1.29 is 17.9 Å². The van der Waals surface area contributed by atoms with Crippen molar-refractivity contribution in [2.24, 2.45) is 5.92 Å². The van der Waals surface area contributed by atoms with Crippen LogP contribution in [0.15, 0.2) is 81.5 Å². The number of aromatic hydroxyl groups is 1. The maximum atomic E-state index is 13.3. The number of nitrogens with zero attached hydrogens (tertiary/aromatic N) is 3. The first-order valence-electron chi connectivity index (χ1n) is 13.5. The molecule has 0 saturated heterocycles. The van der Waals surface area contributed by atoms with Crippen molar-refractivity contribution in [1.29, 1.82) is 0 Å². The molecule has 3 N–H and O–H groups in total. The number of fused-ring (bicyclic) bond motifs is 1. The van der Waals surface area contributed by atoms with Crippen molar-refractivity contribution in [3.63, 3.8) is 0 Å². The van der Waals surface area contributed by atoms with E-state index in [1.165, 1.54) is 23.5 Å². The molecule has 0 radical (unpaired) electrons. The zero-order valence-corrected chi connectivity index (χ0v) is 23.2. The molecular formula is C30H29N5O5S. The minimum absolute atomic E-state index is 0.106. The van der Waals surface area contributed by atoms with E-state index < -0.39 is 21.6 Å². The molecule has 11 heteroatoms. The van der Waals surface area contributed by atoms with Gasteiger partial charge < -0.3 is 14.5 Å². The highest BCUT2D eigenvalue weighted by molar-refractivity contribution is 7.92. The molecule has 210 valence electrons. The van der Waals surface area contributed by atoms with Crippen LogP contribution >= 0.6 is 0 Å². The van der Waals surface area contributed by atoms with Crippen LogP contribution in [0.4, 0.5) is 5.69 Å². The van der Waals surface area contributed by atoms with Crippen molar-refractivity contribution in [3.05, 3.63) is 106 Å². The Bertz CT molecular complexity index is 1900. The number of benzene rings is 2. The Balaban J connectivity index is 1.28. The van der Waals surface area contributed by atoms with Crippen molar-refractivity contribution in [3.8, 4) is 5.75 Å². The summed E-state index contributed by atoms with van der Waals surface area (Å²) in [5.41, 5.74) is 3.49. The number of nitrogens with one attached hydrogen (secondary N) is 2. The number of anilines is 1. The highest BCUT2D eigenvalue weighted by Crippen LogP contribution is 2.48. The van der Waals surface area contributed by atoms with Crippen LogP contribution in [0, 0.1) is 5.92 Å². The summed E-state index contributed by atoms with van der Waals surface area (Å²) >= 11 is 0. The molecule has 41 heavy (non-hydrogen) atoms. The minimum atomic E-state index is -4.08. The molecule has 3 heterocycles. The molecule has 0 spiro atoms. The van der Waals surface area contributed by atoms with E-state index in [0.29, 0.717) is 29.9 Å². The smallest absolute Gasteiger partial charge is 0.343 e. The Morgan fingerprint density at radius 3 is 2.61 bits per heavy atom. The van der Waals surface area contributed by atoms with Gasteiger partial charge in [-0.1, -0.05) is 43.3 Å². The number of sulfonamides is 1. The van der Waals surface area contributed by atoms with Crippen LogP contribution in [0.5, 0.6) is 5.75 Å². The lowest BCUT2D eigenvalue weighted by Gasteiger charge is -2.19. The molecule has 10 nitrogen and oxygen atoms in total. The van der Waals surface area contributed by atoms with Gasteiger partial charge in [0.1, 0.15) is 23.4 Å². The zero-order chi connectivity index (χ0) is 28.6. The van der Waals surface area contributed by atoms with Crippen LogP contribution in [-0.2, 0) is 29.3 Å². The number of hydrogen-bond donors (Lipinski definition) is 3. The van der Waals surface area contributed by atoms with Crippen LogP contribution < -0.4 is 10.3 Å². The monoisotopic (exact) mass is 571 g/mol. The molecule has 3 aromatic heterocycles. The van der Waals surface area contributed by atoms with Crippen molar-refractivity contribution >= 4 is 26.9 Å². The number of hydrogen-bond acceptors (Lipinski definition) is 8. The second-order valence-corrected chi connectivity index (χ2v) is 11.8.